The number of ether oxygens (including phenoxy) is 2. The average Bonchev–Trinajstić information content (AvgIpc) is 2.51. The molecular weight excluding hydrogens is 276 g/mol. The highest BCUT2D eigenvalue weighted by Gasteiger charge is 2.23. The monoisotopic (exact) mass is 291 g/mol. The normalized spacial score (nSPS) is 16.8. The summed E-state index contributed by atoms with van der Waals surface area (Å²) in [4.78, 5) is 0. The van der Waals surface area contributed by atoms with Gasteiger partial charge < -0.3 is 14.8 Å². The minimum Gasteiger partial charge on any atom is -0.497 e. The Balaban J connectivity index is 1.93. The van der Waals surface area contributed by atoms with E-state index in [0.29, 0.717) is 18.8 Å². The molecule has 0 bridgehead atoms. The summed E-state index contributed by atoms with van der Waals surface area (Å²) in [5.74, 6) is -0.298. The summed E-state index contributed by atoms with van der Waals surface area (Å²) in [6.45, 7) is 0.522. The van der Waals surface area contributed by atoms with Crippen molar-refractivity contribution in [2.24, 2.45) is 0 Å². The predicted octanol–water partition coefficient (Wildman–Crippen LogP) is 3.91. The van der Waals surface area contributed by atoms with E-state index in [1.165, 1.54) is 12.1 Å². The highest BCUT2D eigenvalue weighted by Crippen LogP contribution is 2.37. The van der Waals surface area contributed by atoms with Crippen LogP contribution in [-0.2, 0) is 0 Å². The van der Waals surface area contributed by atoms with Crippen LogP contribution in [0.15, 0.2) is 36.4 Å². The minimum absolute atomic E-state index is 0.149. The van der Waals surface area contributed by atoms with Crippen LogP contribution in [0, 0.1) is 11.6 Å². The summed E-state index contributed by atoms with van der Waals surface area (Å²) >= 11 is 0. The van der Waals surface area contributed by atoms with Crippen LogP contribution in [0.3, 0.4) is 0 Å². The fourth-order valence-electron chi connectivity index (χ4n) is 2.45. The molecule has 0 saturated heterocycles. The van der Waals surface area contributed by atoms with Gasteiger partial charge in [0, 0.05) is 12.0 Å². The first kappa shape index (κ1) is 13.7. The van der Waals surface area contributed by atoms with Gasteiger partial charge in [-0.1, -0.05) is 6.07 Å². The molecule has 2 aromatic rings. The Bertz CT molecular complexity index is 661. The molecule has 3 nitrogen and oxygen atoms in total. The van der Waals surface area contributed by atoms with Gasteiger partial charge in [0.05, 0.1) is 25.4 Å². The number of nitrogens with one attached hydrogen (secondary N) is 1. The first-order valence-corrected chi connectivity index (χ1v) is 6.70. The molecule has 0 saturated carbocycles. The van der Waals surface area contributed by atoms with Crippen LogP contribution in [0.5, 0.6) is 11.5 Å². The first-order chi connectivity index (χ1) is 10.2. The molecule has 5 heteroatoms. The van der Waals surface area contributed by atoms with E-state index in [0.717, 1.165) is 17.4 Å². The van der Waals surface area contributed by atoms with Crippen LogP contribution >= 0.6 is 0 Å². The number of anilines is 1. The van der Waals surface area contributed by atoms with Gasteiger partial charge in [0.1, 0.15) is 11.5 Å². The number of methoxy groups -OCH3 is 1. The third-order valence-corrected chi connectivity index (χ3v) is 3.54. The van der Waals surface area contributed by atoms with E-state index in [1.54, 1.807) is 7.11 Å². The third kappa shape index (κ3) is 2.63. The minimum atomic E-state index is -0.867. The van der Waals surface area contributed by atoms with Crippen molar-refractivity contribution in [2.75, 3.05) is 19.0 Å². The zero-order valence-electron chi connectivity index (χ0n) is 11.5. The lowest BCUT2D eigenvalue weighted by Crippen LogP contribution is -2.21. The molecule has 1 aliphatic heterocycles. The SMILES string of the molecule is COc1ccc2c(c1)C(Nc1cccc(F)c1F)CCO2. The number of rotatable bonds is 3. The van der Waals surface area contributed by atoms with E-state index < -0.39 is 11.6 Å². The second kappa shape index (κ2) is 5.60. The maximum atomic E-state index is 13.8. The molecular formula is C16H15F2NO2. The molecule has 0 radical (unpaired) electrons. The third-order valence-electron chi connectivity index (χ3n) is 3.54. The molecule has 110 valence electrons. The fraction of sp³-hybridized carbons (Fsp3) is 0.250. The lowest BCUT2D eigenvalue weighted by molar-refractivity contribution is 0.273. The largest absolute Gasteiger partial charge is 0.497 e. The van der Waals surface area contributed by atoms with Crippen molar-refractivity contribution in [1.29, 1.82) is 0 Å². The van der Waals surface area contributed by atoms with Crippen molar-refractivity contribution in [3.63, 3.8) is 0 Å². The van der Waals surface area contributed by atoms with Crippen molar-refractivity contribution in [3.05, 3.63) is 53.6 Å². The first-order valence-electron chi connectivity index (χ1n) is 6.70. The van der Waals surface area contributed by atoms with Gasteiger partial charge in [-0.2, -0.15) is 0 Å². The van der Waals surface area contributed by atoms with Crippen molar-refractivity contribution < 1.29 is 18.3 Å². The van der Waals surface area contributed by atoms with Crippen molar-refractivity contribution in [2.45, 2.75) is 12.5 Å². The van der Waals surface area contributed by atoms with E-state index in [-0.39, 0.29) is 11.7 Å². The molecule has 3 rings (SSSR count). The molecule has 0 aliphatic carbocycles. The molecule has 21 heavy (non-hydrogen) atoms. The van der Waals surface area contributed by atoms with Crippen molar-refractivity contribution in [3.8, 4) is 11.5 Å². The van der Waals surface area contributed by atoms with Gasteiger partial charge in [-0.25, -0.2) is 8.78 Å². The van der Waals surface area contributed by atoms with Crippen LogP contribution in [0.1, 0.15) is 18.0 Å². The van der Waals surface area contributed by atoms with Crippen LogP contribution in [0.2, 0.25) is 0 Å². The molecule has 2 aromatic carbocycles. The van der Waals surface area contributed by atoms with E-state index in [9.17, 15) is 8.78 Å². The molecule has 0 amide bonds. The Kier molecular flexibility index (Phi) is 3.64. The van der Waals surface area contributed by atoms with Crippen molar-refractivity contribution in [1.82, 2.24) is 0 Å². The summed E-state index contributed by atoms with van der Waals surface area (Å²) in [5, 5.41) is 3.05. The summed E-state index contributed by atoms with van der Waals surface area (Å²) < 4.78 is 37.9. The highest BCUT2D eigenvalue weighted by atomic mass is 19.2. The predicted molar refractivity (Wildman–Crippen MR) is 75.8 cm³/mol. The maximum Gasteiger partial charge on any atom is 0.181 e. The molecule has 1 heterocycles. The average molecular weight is 291 g/mol. The van der Waals surface area contributed by atoms with Gasteiger partial charge >= 0.3 is 0 Å². The lowest BCUT2D eigenvalue weighted by atomic mass is 9.99. The molecule has 1 unspecified atom stereocenters. The molecule has 1 aliphatic rings. The number of fused-ring (bicyclic) bond motifs is 1. The van der Waals surface area contributed by atoms with E-state index in [1.807, 2.05) is 18.2 Å². The Labute approximate surface area is 121 Å². The Hall–Kier alpha value is -2.30. The van der Waals surface area contributed by atoms with Crippen LogP contribution in [-0.4, -0.2) is 13.7 Å². The summed E-state index contributed by atoms with van der Waals surface area (Å²) in [6.07, 6.45) is 0.663. The van der Waals surface area contributed by atoms with Crippen LogP contribution in [0.4, 0.5) is 14.5 Å². The molecule has 0 aromatic heterocycles. The quantitative estimate of drug-likeness (QED) is 0.930. The van der Waals surface area contributed by atoms with E-state index in [2.05, 4.69) is 5.32 Å². The smallest absolute Gasteiger partial charge is 0.181 e. The molecule has 0 fully saturated rings. The van der Waals surface area contributed by atoms with E-state index >= 15 is 0 Å². The number of benzene rings is 2. The maximum absolute atomic E-state index is 13.8. The van der Waals surface area contributed by atoms with Gasteiger partial charge in [-0.15, -0.1) is 0 Å². The fourth-order valence-corrected chi connectivity index (χ4v) is 2.45. The summed E-state index contributed by atoms with van der Waals surface area (Å²) in [7, 11) is 1.58. The van der Waals surface area contributed by atoms with Crippen LogP contribution < -0.4 is 14.8 Å². The molecule has 1 N–H and O–H groups in total. The zero-order chi connectivity index (χ0) is 14.8. The topological polar surface area (TPSA) is 30.5 Å². The zero-order valence-corrected chi connectivity index (χ0v) is 11.5. The summed E-state index contributed by atoms with van der Waals surface area (Å²) in [6, 6.07) is 9.43. The summed E-state index contributed by atoms with van der Waals surface area (Å²) in [5.41, 5.74) is 1.03. The molecule has 1 atom stereocenters. The molecule has 0 spiro atoms. The van der Waals surface area contributed by atoms with E-state index in [4.69, 9.17) is 9.47 Å². The van der Waals surface area contributed by atoms with Gasteiger partial charge in [0.2, 0.25) is 0 Å². The van der Waals surface area contributed by atoms with Crippen LogP contribution in [0.25, 0.3) is 0 Å². The van der Waals surface area contributed by atoms with Gasteiger partial charge in [0.15, 0.2) is 11.6 Å². The second-order valence-electron chi connectivity index (χ2n) is 4.84. The van der Waals surface area contributed by atoms with Gasteiger partial charge in [-0.05, 0) is 30.3 Å². The standard InChI is InChI=1S/C16H15F2NO2/c1-20-10-5-6-15-11(9-10)13(7-8-21-15)19-14-4-2-3-12(17)16(14)18/h2-6,9,13,19H,7-8H2,1H3. The Morgan fingerprint density at radius 1 is 1.24 bits per heavy atom. The van der Waals surface area contributed by atoms with Gasteiger partial charge in [-0.3, -0.25) is 0 Å². The number of hydrogen-bond acceptors (Lipinski definition) is 3. The van der Waals surface area contributed by atoms with Crippen molar-refractivity contribution >= 4 is 5.69 Å². The number of halogens is 2. The Morgan fingerprint density at radius 2 is 2.10 bits per heavy atom. The lowest BCUT2D eigenvalue weighted by Gasteiger charge is -2.28. The Morgan fingerprint density at radius 3 is 2.90 bits per heavy atom. The second-order valence-corrected chi connectivity index (χ2v) is 4.84. The van der Waals surface area contributed by atoms with Gasteiger partial charge in [0.25, 0.3) is 0 Å². The number of hydrogen-bond donors (Lipinski definition) is 1. The highest BCUT2D eigenvalue weighted by molar-refractivity contribution is 5.51.